The second-order valence-electron chi connectivity index (χ2n) is 6.11. The van der Waals surface area contributed by atoms with Crippen LogP contribution in [-0.2, 0) is 19.4 Å². The Labute approximate surface area is 139 Å². The molecule has 0 aliphatic carbocycles. The molecule has 0 saturated carbocycles. The second kappa shape index (κ2) is 9.55. The average molecular weight is 324 g/mol. The van der Waals surface area contributed by atoms with Gasteiger partial charge in [-0.3, -0.25) is 0 Å². The highest BCUT2D eigenvalue weighted by Crippen LogP contribution is 2.19. The maximum absolute atomic E-state index is 9.52. The number of hydrogen-bond acceptors (Lipinski definition) is 4. The van der Waals surface area contributed by atoms with Crippen LogP contribution >= 0.6 is 0 Å². The lowest BCUT2D eigenvalue weighted by atomic mass is 9.89. The molecule has 0 radical (unpaired) electrons. The van der Waals surface area contributed by atoms with E-state index in [-0.39, 0.29) is 12.0 Å². The first-order valence-corrected chi connectivity index (χ1v) is 8.62. The van der Waals surface area contributed by atoms with Crippen molar-refractivity contribution in [3.05, 3.63) is 17.0 Å². The summed E-state index contributed by atoms with van der Waals surface area (Å²) >= 11 is 0. The van der Waals surface area contributed by atoms with Crippen LogP contribution < -0.4 is 10.6 Å². The van der Waals surface area contributed by atoms with E-state index in [0.29, 0.717) is 13.1 Å². The number of aryl methyl sites for hydroxylation is 2. The molecule has 1 atom stereocenters. The first-order chi connectivity index (χ1) is 11.0. The number of hydrogen-bond donors (Lipinski definition) is 3. The van der Waals surface area contributed by atoms with Crippen molar-refractivity contribution in [1.29, 1.82) is 0 Å². The van der Waals surface area contributed by atoms with Crippen molar-refractivity contribution < 1.29 is 9.63 Å². The summed E-state index contributed by atoms with van der Waals surface area (Å²) in [7, 11) is 0. The van der Waals surface area contributed by atoms with Gasteiger partial charge in [0.05, 0.1) is 18.8 Å². The van der Waals surface area contributed by atoms with Crippen molar-refractivity contribution in [2.24, 2.45) is 10.4 Å². The van der Waals surface area contributed by atoms with Gasteiger partial charge in [-0.1, -0.05) is 32.9 Å². The Hall–Kier alpha value is -1.56. The molecule has 0 aromatic carbocycles. The van der Waals surface area contributed by atoms with Crippen LogP contribution in [0.1, 0.15) is 58.1 Å². The van der Waals surface area contributed by atoms with Gasteiger partial charge in [-0.25, -0.2) is 4.99 Å². The van der Waals surface area contributed by atoms with Crippen molar-refractivity contribution in [3.8, 4) is 0 Å². The second-order valence-corrected chi connectivity index (χ2v) is 6.11. The summed E-state index contributed by atoms with van der Waals surface area (Å²) in [5.41, 5.74) is 1.93. The van der Waals surface area contributed by atoms with E-state index in [1.807, 2.05) is 6.92 Å². The molecule has 3 N–H and O–H groups in total. The maximum Gasteiger partial charge on any atom is 0.191 e. The lowest BCUT2D eigenvalue weighted by molar-refractivity contribution is 0.140. The molecule has 1 aromatic rings. The van der Waals surface area contributed by atoms with Gasteiger partial charge < -0.3 is 20.3 Å². The summed E-state index contributed by atoms with van der Waals surface area (Å²) in [6, 6.07) is 0. The molecule has 23 heavy (non-hydrogen) atoms. The van der Waals surface area contributed by atoms with Gasteiger partial charge in [0.2, 0.25) is 0 Å². The number of guanidine groups is 1. The van der Waals surface area contributed by atoms with Crippen LogP contribution in [0.4, 0.5) is 0 Å². The van der Waals surface area contributed by atoms with Crippen molar-refractivity contribution in [2.45, 2.75) is 60.4 Å². The van der Waals surface area contributed by atoms with Crippen LogP contribution in [0.15, 0.2) is 9.52 Å². The van der Waals surface area contributed by atoms with E-state index in [4.69, 9.17) is 4.52 Å². The topological polar surface area (TPSA) is 82.7 Å². The normalized spacial score (nSPS) is 14.6. The summed E-state index contributed by atoms with van der Waals surface area (Å²) in [5.74, 6) is 1.67. The zero-order valence-corrected chi connectivity index (χ0v) is 15.2. The van der Waals surface area contributed by atoms with E-state index < -0.39 is 0 Å². The van der Waals surface area contributed by atoms with Crippen LogP contribution in [0.25, 0.3) is 0 Å². The van der Waals surface area contributed by atoms with Gasteiger partial charge in [0.15, 0.2) is 5.96 Å². The minimum Gasteiger partial charge on any atom is -0.396 e. The van der Waals surface area contributed by atoms with Gasteiger partial charge in [0.25, 0.3) is 0 Å². The van der Waals surface area contributed by atoms with E-state index in [9.17, 15) is 5.11 Å². The molecule has 0 fully saturated rings. The molecular formula is C17H32N4O2. The molecule has 1 heterocycles. The maximum atomic E-state index is 9.52. The third kappa shape index (κ3) is 5.53. The van der Waals surface area contributed by atoms with Crippen LogP contribution in [0.3, 0.4) is 0 Å². The highest BCUT2D eigenvalue weighted by atomic mass is 16.5. The van der Waals surface area contributed by atoms with Crippen LogP contribution in [0.5, 0.6) is 0 Å². The number of rotatable bonds is 9. The Morgan fingerprint density at radius 1 is 1.22 bits per heavy atom. The molecule has 1 unspecified atom stereocenters. The predicted octanol–water partition coefficient (Wildman–Crippen LogP) is 2.26. The lowest BCUT2D eigenvalue weighted by Gasteiger charge is -2.26. The zero-order chi connectivity index (χ0) is 17.3. The van der Waals surface area contributed by atoms with E-state index in [1.165, 1.54) is 0 Å². The van der Waals surface area contributed by atoms with Gasteiger partial charge >= 0.3 is 0 Å². The Balaban J connectivity index is 2.81. The Kier molecular flexibility index (Phi) is 8.09. The Morgan fingerprint density at radius 2 is 1.96 bits per heavy atom. The van der Waals surface area contributed by atoms with Gasteiger partial charge in [-0.15, -0.1) is 0 Å². The SMILES string of the molecule is CCNC(=NCc1c(CC)noc1CC)NCC(C)(CC)CO. The molecule has 0 spiro atoms. The quantitative estimate of drug-likeness (QED) is 0.479. The molecule has 0 saturated heterocycles. The van der Waals surface area contributed by atoms with E-state index >= 15 is 0 Å². The molecular weight excluding hydrogens is 292 g/mol. The summed E-state index contributed by atoms with van der Waals surface area (Å²) in [6.45, 7) is 12.5. The van der Waals surface area contributed by atoms with Crippen molar-refractivity contribution >= 4 is 5.96 Å². The largest absolute Gasteiger partial charge is 0.396 e. The van der Waals surface area contributed by atoms with Crippen molar-refractivity contribution in [2.75, 3.05) is 19.7 Å². The minimum absolute atomic E-state index is 0.142. The molecule has 0 amide bonds. The predicted molar refractivity (Wildman–Crippen MR) is 93.6 cm³/mol. The number of aliphatic hydroxyl groups is 1. The summed E-state index contributed by atoms with van der Waals surface area (Å²) in [4.78, 5) is 4.66. The summed E-state index contributed by atoms with van der Waals surface area (Å²) in [6.07, 6.45) is 2.57. The average Bonchev–Trinajstić information content (AvgIpc) is 2.99. The number of aliphatic hydroxyl groups excluding tert-OH is 1. The van der Waals surface area contributed by atoms with Crippen LogP contribution in [0.2, 0.25) is 0 Å². The molecule has 6 nitrogen and oxygen atoms in total. The summed E-state index contributed by atoms with van der Waals surface area (Å²) < 4.78 is 5.38. The Bertz CT molecular complexity index is 471. The lowest BCUT2D eigenvalue weighted by Crippen LogP contribution is -2.44. The zero-order valence-electron chi connectivity index (χ0n) is 15.2. The van der Waals surface area contributed by atoms with E-state index in [0.717, 1.165) is 48.8 Å². The highest BCUT2D eigenvalue weighted by Gasteiger charge is 2.21. The van der Waals surface area contributed by atoms with Crippen molar-refractivity contribution in [3.63, 3.8) is 0 Å². The minimum atomic E-state index is -0.142. The van der Waals surface area contributed by atoms with E-state index in [2.05, 4.69) is 48.5 Å². The first-order valence-electron chi connectivity index (χ1n) is 8.62. The number of aliphatic imine (C=N–C) groups is 1. The third-order valence-corrected chi connectivity index (χ3v) is 4.26. The fourth-order valence-corrected chi connectivity index (χ4v) is 2.21. The standard InChI is InChI=1S/C17H32N4O2/c1-6-14-13(15(7-2)23-21-14)10-19-16(18-9-4)20-11-17(5,8-3)12-22/h22H,6-12H2,1-5H3,(H2,18,19,20). The Morgan fingerprint density at radius 3 is 2.48 bits per heavy atom. The third-order valence-electron chi connectivity index (χ3n) is 4.26. The highest BCUT2D eigenvalue weighted by molar-refractivity contribution is 5.79. The van der Waals surface area contributed by atoms with Gasteiger partial charge in [-0.2, -0.15) is 0 Å². The molecule has 0 bridgehead atoms. The molecule has 132 valence electrons. The molecule has 1 rings (SSSR count). The molecule has 6 heteroatoms. The number of nitrogens with one attached hydrogen (secondary N) is 2. The first kappa shape index (κ1) is 19.5. The van der Waals surface area contributed by atoms with Gasteiger partial charge in [0, 0.05) is 30.5 Å². The van der Waals surface area contributed by atoms with Crippen LogP contribution in [0, 0.1) is 5.41 Å². The number of aromatic nitrogens is 1. The summed E-state index contributed by atoms with van der Waals surface area (Å²) in [5, 5.41) is 20.2. The molecule has 0 aliphatic rings. The van der Waals surface area contributed by atoms with E-state index in [1.54, 1.807) is 0 Å². The molecule has 1 aromatic heterocycles. The van der Waals surface area contributed by atoms with Gasteiger partial charge in [0.1, 0.15) is 5.76 Å². The van der Waals surface area contributed by atoms with Gasteiger partial charge in [-0.05, 0) is 19.8 Å². The fourth-order valence-electron chi connectivity index (χ4n) is 2.21. The van der Waals surface area contributed by atoms with Crippen LogP contribution in [-0.4, -0.2) is 35.9 Å². The molecule has 0 aliphatic heterocycles. The monoisotopic (exact) mass is 324 g/mol. The number of nitrogens with zero attached hydrogens (tertiary/aromatic N) is 2. The fraction of sp³-hybridized carbons (Fsp3) is 0.765. The van der Waals surface area contributed by atoms with Crippen molar-refractivity contribution in [1.82, 2.24) is 15.8 Å². The smallest absolute Gasteiger partial charge is 0.191 e.